The van der Waals surface area contributed by atoms with E-state index in [1.165, 1.54) is 11.3 Å². The number of esters is 1. The summed E-state index contributed by atoms with van der Waals surface area (Å²) in [5.74, 6) is -13.7. The van der Waals surface area contributed by atoms with Crippen molar-refractivity contribution < 1.29 is 31.5 Å². The smallest absolute Gasteiger partial charge is 0.316 e. The van der Waals surface area contributed by atoms with Crippen molar-refractivity contribution >= 4 is 17.3 Å². The highest BCUT2D eigenvalue weighted by Gasteiger charge is 2.28. The van der Waals surface area contributed by atoms with E-state index < -0.39 is 40.8 Å². The summed E-state index contributed by atoms with van der Waals surface area (Å²) in [6.07, 6.45) is -0.335. The maximum atomic E-state index is 13.3. The summed E-state index contributed by atoms with van der Waals surface area (Å²) < 4.78 is 69.6. The number of aryl methyl sites for hydroxylation is 1. The molecule has 0 aliphatic rings. The third-order valence-electron chi connectivity index (χ3n) is 2.50. The van der Waals surface area contributed by atoms with Crippen molar-refractivity contribution in [3.05, 3.63) is 51.0 Å². The molecule has 2 aromatic rings. The van der Waals surface area contributed by atoms with Crippen molar-refractivity contribution in [2.24, 2.45) is 0 Å². The predicted molar refractivity (Wildman–Crippen MR) is 64.6 cm³/mol. The Morgan fingerprint density at radius 1 is 1.00 bits per heavy atom. The van der Waals surface area contributed by atoms with Crippen LogP contribution in [0.25, 0.3) is 0 Å². The standard InChI is InChI=1S/C13H7F5O2S/c1-5-2-3-6(21-5)4-7(19)20-13-11(17)9(15)8(14)10(16)12(13)18/h2-3H,4H2,1H3. The number of rotatable bonds is 3. The molecule has 112 valence electrons. The van der Waals surface area contributed by atoms with E-state index >= 15 is 0 Å². The molecule has 0 unspecified atom stereocenters. The second kappa shape index (κ2) is 5.80. The number of thiophene rings is 1. The molecule has 0 saturated carbocycles. The molecule has 0 atom stereocenters. The van der Waals surface area contributed by atoms with Gasteiger partial charge in [-0.15, -0.1) is 11.3 Å². The zero-order chi connectivity index (χ0) is 15.7. The van der Waals surface area contributed by atoms with Crippen molar-refractivity contribution in [1.82, 2.24) is 0 Å². The number of carbonyl (C=O) groups excluding carboxylic acids is 1. The van der Waals surface area contributed by atoms with E-state index in [2.05, 4.69) is 4.74 Å². The van der Waals surface area contributed by atoms with Crippen LogP contribution in [-0.2, 0) is 11.2 Å². The Morgan fingerprint density at radius 2 is 1.52 bits per heavy atom. The fourth-order valence-corrected chi connectivity index (χ4v) is 2.42. The number of benzene rings is 1. The van der Waals surface area contributed by atoms with Gasteiger partial charge in [0.25, 0.3) is 0 Å². The zero-order valence-electron chi connectivity index (χ0n) is 10.5. The van der Waals surface area contributed by atoms with Crippen LogP contribution in [0.4, 0.5) is 22.0 Å². The van der Waals surface area contributed by atoms with Gasteiger partial charge in [-0.3, -0.25) is 4.79 Å². The van der Waals surface area contributed by atoms with E-state index in [-0.39, 0.29) is 6.42 Å². The molecule has 2 rings (SSSR count). The number of carbonyl (C=O) groups is 1. The molecular formula is C13H7F5O2S. The Morgan fingerprint density at radius 3 is 2.00 bits per heavy atom. The van der Waals surface area contributed by atoms with Gasteiger partial charge in [0.15, 0.2) is 0 Å². The number of hydrogen-bond donors (Lipinski definition) is 0. The summed E-state index contributed by atoms with van der Waals surface area (Å²) in [7, 11) is 0. The molecule has 0 aliphatic carbocycles. The van der Waals surface area contributed by atoms with E-state index in [0.29, 0.717) is 4.88 Å². The molecule has 8 heteroatoms. The fourth-order valence-electron chi connectivity index (χ4n) is 1.55. The molecule has 0 bridgehead atoms. The summed E-state index contributed by atoms with van der Waals surface area (Å²) in [5.41, 5.74) is 0. The van der Waals surface area contributed by atoms with Gasteiger partial charge in [-0.1, -0.05) is 0 Å². The monoisotopic (exact) mass is 322 g/mol. The largest absolute Gasteiger partial charge is 0.420 e. The maximum Gasteiger partial charge on any atom is 0.316 e. The Kier molecular flexibility index (Phi) is 4.26. The van der Waals surface area contributed by atoms with Crippen molar-refractivity contribution in [3.8, 4) is 5.75 Å². The van der Waals surface area contributed by atoms with Crippen molar-refractivity contribution in [1.29, 1.82) is 0 Å². The molecule has 0 N–H and O–H groups in total. The lowest BCUT2D eigenvalue weighted by atomic mass is 10.2. The van der Waals surface area contributed by atoms with E-state index in [1.807, 2.05) is 0 Å². The van der Waals surface area contributed by atoms with E-state index in [0.717, 1.165) is 4.88 Å². The van der Waals surface area contributed by atoms with Crippen LogP contribution < -0.4 is 4.74 Å². The van der Waals surface area contributed by atoms with Gasteiger partial charge in [-0.25, -0.2) is 13.2 Å². The molecule has 0 aliphatic heterocycles. The maximum absolute atomic E-state index is 13.3. The highest BCUT2D eigenvalue weighted by Crippen LogP contribution is 2.29. The second-order valence-corrected chi connectivity index (χ2v) is 5.43. The lowest BCUT2D eigenvalue weighted by molar-refractivity contribution is -0.134. The molecule has 0 fully saturated rings. The van der Waals surface area contributed by atoms with E-state index in [4.69, 9.17) is 0 Å². The predicted octanol–water partition coefficient (Wildman–Crippen LogP) is 3.90. The Labute approximate surface area is 119 Å². The van der Waals surface area contributed by atoms with Gasteiger partial charge in [-0.05, 0) is 19.1 Å². The van der Waals surface area contributed by atoms with Crippen LogP contribution in [0.1, 0.15) is 9.75 Å². The Hall–Kier alpha value is -1.96. The first kappa shape index (κ1) is 15.4. The molecular weight excluding hydrogens is 315 g/mol. The van der Waals surface area contributed by atoms with Crippen molar-refractivity contribution in [2.75, 3.05) is 0 Å². The first-order chi connectivity index (χ1) is 9.81. The third-order valence-corrected chi connectivity index (χ3v) is 3.50. The van der Waals surface area contributed by atoms with Crippen LogP contribution in [-0.4, -0.2) is 5.97 Å². The minimum atomic E-state index is -2.31. The van der Waals surface area contributed by atoms with Gasteiger partial charge < -0.3 is 4.74 Å². The van der Waals surface area contributed by atoms with Crippen LogP contribution in [0.2, 0.25) is 0 Å². The summed E-state index contributed by atoms with van der Waals surface area (Å²) in [6, 6.07) is 3.31. The minimum Gasteiger partial charge on any atom is -0.420 e. The van der Waals surface area contributed by atoms with E-state index in [9.17, 15) is 26.7 Å². The lowest BCUT2D eigenvalue weighted by Gasteiger charge is -2.08. The molecule has 0 radical (unpaired) electrons. The Bertz CT molecular complexity index is 682. The highest BCUT2D eigenvalue weighted by molar-refractivity contribution is 7.12. The minimum absolute atomic E-state index is 0.335. The van der Waals surface area contributed by atoms with Crippen LogP contribution in [0.3, 0.4) is 0 Å². The second-order valence-electron chi connectivity index (χ2n) is 4.06. The van der Waals surface area contributed by atoms with Crippen LogP contribution >= 0.6 is 11.3 Å². The zero-order valence-corrected chi connectivity index (χ0v) is 11.3. The molecule has 1 aromatic heterocycles. The van der Waals surface area contributed by atoms with Gasteiger partial charge in [-0.2, -0.15) is 8.78 Å². The van der Waals surface area contributed by atoms with Gasteiger partial charge in [0.1, 0.15) is 0 Å². The summed E-state index contributed by atoms with van der Waals surface area (Å²) in [6.45, 7) is 1.78. The first-order valence-electron chi connectivity index (χ1n) is 5.58. The molecule has 0 amide bonds. The number of halogens is 5. The average molecular weight is 322 g/mol. The van der Waals surface area contributed by atoms with Crippen molar-refractivity contribution in [3.63, 3.8) is 0 Å². The van der Waals surface area contributed by atoms with Gasteiger partial charge >= 0.3 is 5.97 Å². The van der Waals surface area contributed by atoms with Crippen molar-refractivity contribution in [2.45, 2.75) is 13.3 Å². The first-order valence-corrected chi connectivity index (χ1v) is 6.40. The average Bonchev–Trinajstić information content (AvgIpc) is 2.84. The molecule has 1 heterocycles. The summed E-state index contributed by atoms with van der Waals surface area (Å²) in [4.78, 5) is 13.0. The number of hydrogen-bond acceptors (Lipinski definition) is 3. The topological polar surface area (TPSA) is 26.3 Å². The molecule has 2 nitrogen and oxygen atoms in total. The van der Waals surface area contributed by atoms with Gasteiger partial charge in [0.2, 0.25) is 34.8 Å². The van der Waals surface area contributed by atoms with Crippen LogP contribution in [0.5, 0.6) is 5.75 Å². The van der Waals surface area contributed by atoms with Crippen LogP contribution in [0.15, 0.2) is 12.1 Å². The van der Waals surface area contributed by atoms with Crippen LogP contribution in [0, 0.1) is 36.0 Å². The van der Waals surface area contributed by atoms with Gasteiger partial charge in [0.05, 0.1) is 6.42 Å². The fraction of sp³-hybridized carbons (Fsp3) is 0.154. The molecule has 0 spiro atoms. The molecule has 1 aromatic carbocycles. The summed E-state index contributed by atoms with van der Waals surface area (Å²) >= 11 is 1.25. The van der Waals surface area contributed by atoms with E-state index in [1.54, 1.807) is 19.1 Å². The Balaban J connectivity index is 2.25. The highest BCUT2D eigenvalue weighted by atomic mass is 32.1. The lowest BCUT2D eigenvalue weighted by Crippen LogP contribution is -2.15. The SMILES string of the molecule is Cc1ccc(CC(=O)Oc2c(F)c(F)c(F)c(F)c2F)s1. The molecule has 21 heavy (non-hydrogen) atoms. The molecule has 0 saturated heterocycles. The summed E-state index contributed by atoms with van der Waals surface area (Å²) in [5, 5.41) is 0. The third kappa shape index (κ3) is 3.05. The quantitative estimate of drug-likeness (QED) is 0.282. The van der Waals surface area contributed by atoms with Gasteiger partial charge in [0, 0.05) is 9.75 Å². The normalized spacial score (nSPS) is 10.8. The number of ether oxygens (including phenoxy) is 1.